The molecule has 0 bridgehead atoms. The van der Waals surface area contributed by atoms with Crippen molar-refractivity contribution in [1.29, 1.82) is 0 Å². The van der Waals surface area contributed by atoms with E-state index in [9.17, 15) is 0 Å². The highest BCUT2D eigenvalue weighted by Crippen LogP contribution is 2.52. The molecule has 8 aromatic carbocycles. The Hall–Kier alpha value is -5.20. The van der Waals surface area contributed by atoms with Gasteiger partial charge >= 0.3 is 0 Å². The minimum atomic E-state index is -0.0463. The van der Waals surface area contributed by atoms with Crippen LogP contribution >= 0.6 is 0 Å². The number of hydrogen-bond donors (Lipinski definition) is 0. The summed E-state index contributed by atoms with van der Waals surface area (Å²) < 4.78 is 0. The number of benzene rings is 8. The molecule has 9 rings (SSSR count). The van der Waals surface area contributed by atoms with Crippen molar-refractivity contribution in [3.63, 3.8) is 0 Å². The lowest BCUT2D eigenvalue weighted by molar-refractivity contribution is 0.660. The van der Waals surface area contributed by atoms with Gasteiger partial charge in [0.15, 0.2) is 0 Å². The number of hydrogen-bond acceptors (Lipinski definition) is 0. The van der Waals surface area contributed by atoms with Crippen LogP contribution in [0.25, 0.3) is 76.5 Å². The zero-order valence-corrected chi connectivity index (χ0v) is 24.4. The summed E-state index contributed by atoms with van der Waals surface area (Å²) in [7, 11) is 0. The molecule has 0 radical (unpaired) electrons. The third-order valence-electron chi connectivity index (χ3n) is 9.82. The molecule has 0 fully saturated rings. The molecule has 0 saturated heterocycles. The van der Waals surface area contributed by atoms with Gasteiger partial charge in [-0.05, 0) is 99.7 Å². The molecule has 0 atom stereocenters. The second-order valence-corrected chi connectivity index (χ2v) is 12.5. The molecule has 0 spiro atoms. The molecule has 202 valence electrons. The van der Waals surface area contributed by atoms with Crippen LogP contribution in [0.2, 0.25) is 0 Å². The maximum absolute atomic E-state index is 2.47. The summed E-state index contributed by atoms with van der Waals surface area (Å²) in [6.07, 6.45) is 0. The van der Waals surface area contributed by atoms with Crippen LogP contribution in [0.3, 0.4) is 0 Å². The Labute approximate surface area is 251 Å². The van der Waals surface area contributed by atoms with E-state index in [4.69, 9.17) is 0 Å². The van der Waals surface area contributed by atoms with Gasteiger partial charge < -0.3 is 0 Å². The predicted molar refractivity (Wildman–Crippen MR) is 185 cm³/mol. The average Bonchev–Trinajstić information content (AvgIpc) is 3.28. The van der Waals surface area contributed by atoms with E-state index < -0.39 is 0 Å². The maximum Gasteiger partial charge on any atom is 0.0159 e. The second-order valence-electron chi connectivity index (χ2n) is 12.5. The molecule has 0 aliphatic heterocycles. The van der Waals surface area contributed by atoms with Crippen LogP contribution in [0.1, 0.15) is 25.0 Å². The van der Waals surface area contributed by atoms with Crippen molar-refractivity contribution in [1.82, 2.24) is 0 Å². The predicted octanol–water partition coefficient (Wildman–Crippen LogP) is 11.9. The molecule has 0 heteroatoms. The van der Waals surface area contributed by atoms with Gasteiger partial charge in [-0.15, -0.1) is 0 Å². The van der Waals surface area contributed by atoms with Crippen LogP contribution in [-0.2, 0) is 5.41 Å². The monoisotopic (exact) mass is 546 g/mol. The van der Waals surface area contributed by atoms with Gasteiger partial charge in [-0.2, -0.15) is 0 Å². The topological polar surface area (TPSA) is 0 Å². The Bertz CT molecular complexity index is 2310. The summed E-state index contributed by atoms with van der Waals surface area (Å²) in [5, 5.41) is 10.3. The first kappa shape index (κ1) is 24.4. The highest BCUT2D eigenvalue weighted by molar-refractivity contribution is 6.27. The lowest BCUT2D eigenvalue weighted by Gasteiger charge is -2.23. The molecular formula is C43H30. The van der Waals surface area contributed by atoms with Crippen LogP contribution in [0.15, 0.2) is 146 Å². The minimum Gasteiger partial charge on any atom is -0.0619 e. The first-order valence-corrected chi connectivity index (χ1v) is 15.2. The molecule has 8 aromatic rings. The molecule has 0 heterocycles. The Kier molecular flexibility index (Phi) is 5.05. The van der Waals surface area contributed by atoms with E-state index in [1.165, 1.54) is 87.6 Å². The van der Waals surface area contributed by atoms with Crippen molar-refractivity contribution in [2.75, 3.05) is 0 Å². The smallest absolute Gasteiger partial charge is 0.0159 e. The average molecular weight is 547 g/mol. The molecule has 1 aliphatic carbocycles. The molecule has 0 nitrogen and oxygen atoms in total. The highest BCUT2D eigenvalue weighted by Gasteiger charge is 2.35. The van der Waals surface area contributed by atoms with Gasteiger partial charge in [0.1, 0.15) is 0 Å². The molecule has 0 unspecified atom stereocenters. The second kappa shape index (κ2) is 8.90. The summed E-state index contributed by atoms with van der Waals surface area (Å²) >= 11 is 0. The minimum absolute atomic E-state index is 0.0463. The van der Waals surface area contributed by atoms with Gasteiger partial charge in [0.25, 0.3) is 0 Å². The van der Waals surface area contributed by atoms with E-state index >= 15 is 0 Å². The van der Waals surface area contributed by atoms with Crippen LogP contribution in [0.5, 0.6) is 0 Å². The van der Waals surface area contributed by atoms with E-state index in [1.54, 1.807) is 0 Å². The van der Waals surface area contributed by atoms with Gasteiger partial charge in [-0.3, -0.25) is 0 Å². The Balaban J connectivity index is 1.42. The molecule has 0 N–H and O–H groups in total. The van der Waals surface area contributed by atoms with Crippen molar-refractivity contribution in [3.05, 3.63) is 157 Å². The largest absolute Gasteiger partial charge is 0.0619 e. The Morgan fingerprint density at radius 1 is 0.349 bits per heavy atom. The van der Waals surface area contributed by atoms with E-state index in [1.807, 2.05) is 0 Å². The van der Waals surface area contributed by atoms with Crippen LogP contribution in [-0.4, -0.2) is 0 Å². The lowest BCUT2D eigenvalue weighted by Crippen LogP contribution is -2.14. The molecular weight excluding hydrogens is 516 g/mol. The van der Waals surface area contributed by atoms with E-state index in [0.29, 0.717) is 0 Å². The quantitative estimate of drug-likeness (QED) is 0.189. The van der Waals surface area contributed by atoms with Crippen molar-refractivity contribution in [3.8, 4) is 33.4 Å². The van der Waals surface area contributed by atoms with Gasteiger partial charge in [0.2, 0.25) is 0 Å². The van der Waals surface area contributed by atoms with Gasteiger partial charge in [-0.25, -0.2) is 0 Å². The molecule has 1 aliphatic rings. The normalized spacial score (nSPS) is 13.5. The SMILES string of the molecule is CC1(C)c2ccccc2-c2ccc(-c3c4ccccc4c(-c4c5ccccc5cc5ccccc45)c4ccccc34)cc21. The summed E-state index contributed by atoms with van der Waals surface area (Å²) in [5.41, 5.74) is 10.7. The van der Waals surface area contributed by atoms with E-state index in [-0.39, 0.29) is 5.41 Å². The van der Waals surface area contributed by atoms with Crippen LogP contribution in [0.4, 0.5) is 0 Å². The molecule has 0 saturated carbocycles. The summed E-state index contributed by atoms with van der Waals surface area (Å²) in [4.78, 5) is 0. The van der Waals surface area contributed by atoms with Crippen LogP contribution < -0.4 is 0 Å². The fraction of sp³-hybridized carbons (Fsp3) is 0.0698. The van der Waals surface area contributed by atoms with Gasteiger partial charge in [0, 0.05) is 5.41 Å². The highest BCUT2D eigenvalue weighted by atomic mass is 14.4. The first-order valence-electron chi connectivity index (χ1n) is 15.2. The summed E-state index contributed by atoms with van der Waals surface area (Å²) in [6, 6.07) is 54.2. The Morgan fingerprint density at radius 3 is 1.40 bits per heavy atom. The van der Waals surface area contributed by atoms with Crippen molar-refractivity contribution in [2.45, 2.75) is 19.3 Å². The van der Waals surface area contributed by atoms with Crippen molar-refractivity contribution in [2.24, 2.45) is 0 Å². The lowest BCUT2D eigenvalue weighted by atomic mass is 9.80. The van der Waals surface area contributed by atoms with Crippen LogP contribution in [0, 0.1) is 0 Å². The molecule has 0 amide bonds. The third-order valence-corrected chi connectivity index (χ3v) is 9.82. The standard InChI is InChI=1S/C43H30/c1-43(2)38-22-12-11-17-32(38)33-24-23-29(26-39(33)43)40-34-18-7-9-20-36(34)42(37-21-10-8-19-35(37)40)41-30-15-5-3-13-27(30)25-28-14-4-6-16-31(28)41/h3-26H,1-2H3. The maximum atomic E-state index is 2.47. The van der Waals surface area contributed by atoms with E-state index in [2.05, 4.69) is 159 Å². The number of rotatable bonds is 2. The number of fused-ring (bicyclic) bond motifs is 7. The zero-order chi connectivity index (χ0) is 28.7. The fourth-order valence-electron chi connectivity index (χ4n) is 7.85. The fourth-order valence-corrected chi connectivity index (χ4v) is 7.85. The summed E-state index contributed by atoms with van der Waals surface area (Å²) in [6.45, 7) is 4.73. The molecule has 43 heavy (non-hydrogen) atoms. The molecule has 0 aromatic heterocycles. The zero-order valence-electron chi connectivity index (χ0n) is 24.4. The van der Waals surface area contributed by atoms with E-state index in [0.717, 1.165) is 0 Å². The summed E-state index contributed by atoms with van der Waals surface area (Å²) in [5.74, 6) is 0. The van der Waals surface area contributed by atoms with Gasteiger partial charge in [0.05, 0.1) is 0 Å². The van der Waals surface area contributed by atoms with Crippen molar-refractivity contribution < 1.29 is 0 Å². The van der Waals surface area contributed by atoms with Crippen molar-refractivity contribution >= 4 is 43.1 Å². The first-order chi connectivity index (χ1) is 21.1. The van der Waals surface area contributed by atoms with Gasteiger partial charge in [-0.1, -0.05) is 147 Å². The Morgan fingerprint density at radius 2 is 0.791 bits per heavy atom. The third kappa shape index (κ3) is 3.38.